The largest absolute Gasteiger partial charge is 0.469 e. The number of ether oxygens (including phenoxy) is 2. The van der Waals surface area contributed by atoms with E-state index in [1.807, 2.05) is 0 Å². The number of halogens is 1. The number of hydrogen-bond donors (Lipinski definition) is 0. The molecule has 2 bridgehead atoms. The molecule has 1 fully saturated rings. The quantitative estimate of drug-likeness (QED) is 0.398. The molecule has 2 heterocycles. The van der Waals surface area contributed by atoms with Gasteiger partial charge < -0.3 is 9.47 Å². The highest BCUT2D eigenvalue weighted by atomic mass is 79.9. The number of carbonyl (C=O) groups excluding carboxylic acids is 2. The zero-order valence-electron chi connectivity index (χ0n) is 7.53. The highest BCUT2D eigenvalue weighted by Gasteiger charge is 2.55. The van der Waals surface area contributed by atoms with Gasteiger partial charge in [0.15, 0.2) is 4.32 Å². The molecule has 5 heteroatoms. The summed E-state index contributed by atoms with van der Waals surface area (Å²) in [5, 5.41) is 0. The molecule has 2 aliphatic heterocycles. The summed E-state index contributed by atoms with van der Waals surface area (Å²) < 4.78 is 8.66. The first-order valence-corrected chi connectivity index (χ1v) is 5.04. The smallest absolute Gasteiger partial charge is 0.328 e. The second-order valence-corrected chi connectivity index (χ2v) is 4.69. The monoisotopic (exact) mass is 260 g/mol. The molecular formula is C9H9BrO4. The number of carbonyl (C=O) groups is 2. The van der Waals surface area contributed by atoms with Crippen molar-refractivity contribution in [2.45, 2.75) is 16.8 Å². The van der Waals surface area contributed by atoms with E-state index >= 15 is 0 Å². The summed E-state index contributed by atoms with van der Waals surface area (Å²) in [6, 6.07) is 0. The van der Waals surface area contributed by atoms with E-state index in [1.165, 1.54) is 7.11 Å². The molecule has 0 N–H and O–H groups in total. The van der Waals surface area contributed by atoms with Crippen LogP contribution in [0.25, 0.3) is 0 Å². The van der Waals surface area contributed by atoms with Gasteiger partial charge in [-0.25, -0.2) is 0 Å². The van der Waals surface area contributed by atoms with Gasteiger partial charge in [0.2, 0.25) is 0 Å². The maximum Gasteiger partial charge on any atom is 0.328 e. The van der Waals surface area contributed by atoms with E-state index in [-0.39, 0.29) is 12.1 Å². The zero-order valence-corrected chi connectivity index (χ0v) is 9.11. The maximum absolute atomic E-state index is 11.5. The molecule has 1 saturated heterocycles. The number of esters is 2. The fraction of sp³-hybridized carbons (Fsp3) is 0.556. The number of methoxy groups -OCH3 is 1. The number of hydrogen-bond acceptors (Lipinski definition) is 4. The predicted octanol–water partition coefficient (Wildman–Crippen LogP) is 0.795. The third-order valence-electron chi connectivity index (χ3n) is 2.59. The van der Waals surface area contributed by atoms with Crippen LogP contribution in [0, 0.1) is 5.92 Å². The molecule has 0 saturated carbocycles. The van der Waals surface area contributed by atoms with E-state index in [1.54, 1.807) is 12.2 Å². The van der Waals surface area contributed by atoms with Crippen molar-refractivity contribution in [3.8, 4) is 0 Å². The van der Waals surface area contributed by atoms with Crippen LogP contribution in [-0.4, -0.2) is 29.5 Å². The summed E-state index contributed by atoms with van der Waals surface area (Å²) in [7, 11) is 1.32. The normalized spacial score (nSPS) is 39.4. The third kappa shape index (κ3) is 1.19. The number of fused-ring (bicyclic) bond motifs is 2. The van der Waals surface area contributed by atoms with Crippen LogP contribution in [0.15, 0.2) is 12.2 Å². The summed E-state index contributed by atoms with van der Waals surface area (Å²) in [6.45, 7) is 0. The molecule has 0 aromatic heterocycles. The summed E-state index contributed by atoms with van der Waals surface area (Å²) in [4.78, 5) is 22.9. The van der Waals surface area contributed by atoms with E-state index in [2.05, 4.69) is 20.7 Å². The van der Waals surface area contributed by atoms with Gasteiger partial charge in [-0.15, -0.1) is 0 Å². The van der Waals surface area contributed by atoms with Gasteiger partial charge in [-0.2, -0.15) is 0 Å². The molecule has 1 aliphatic carbocycles. The minimum absolute atomic E-state index is 0.286. The first kappa shape index (κ1) is 9.71. The average molecular weight is 261 g/mol. The Hall–Kier alpha value is -0.840. The van der Waals surface area contributed by atoms with Crippen molar-refractivity contribution in [3.05, 3.63) is 12.2 Å². The Bertz CT molecular complexity index is 325. The fourth-order valence-corrected chi connectivity index (χ4v) is 2.40. The highest BCUT2D eigenvalue weighted by molar-refractivity contribution is 9.10. The summed E-state index contributed by atoms with van der Waals surface area (Å²) in [5.41, 5.74) is 0. The lowest BCUT2D eigenvalue weighted by atomic mass is 9.80. The molecule has 0 aromatic carbocycles. The molecular weight excluding hydrogens is 252 g/mol. The topological polar surface area (TPSA) is 52.6 Å². The molecule has 0 aromatic rings. The Morgan fingerprint density at radius 2 is 2.50 bits per heavy atom. The van der Waals surface area contributed by atoms with Gasteiger partial charge in [0.25, 0.3) is 0 Å². The van der Waals surface area contributed by atoms with Crippen LogP contribution < -0.4 is 0 Å². The van der Waals surface area contributed by atoms with Crippen LogP contribution >= 0.6 is 15.9 Å². The molecule has 4 nitrogen and oxygen atoms in total. The van der Waals surface area contributed by atoms with Crippen molar-refractivity contribution in [2.24, 2.45) is 5.92 Å². The van der Waals surface area contributed by atoms with Crippen molar-refractivity contribution >= 4 is 27.9 Å². The first-order valence-electron chi connectivity index (χ1n) is 4.25. The van der Waals surface area contributed by atoms with Gasteiger partial charge in [0.05, 0.1) is 13.0 Å². The molecule has 14 heavy (non-hydrogen) atoms. The van der Waals surface area contributed by atoms with Gasteiger partial charge in [-0.3, -0.25) is 9.59 Å². The minimum atomic E-state index is -1.02. The second kappa shape index (κ2) is 3.08. The number of alkyl halides is 1. The Labute approximate surface area is 89.4 Å². The lowest BCUT2D eigenvalue weighted by Crippen LogP contribution is -2.53. The average Bonchev–Trinajstić information content (AvgIpc) is 2.18. The standard InChI is InChI=1S/C9H9BrO4/c1-13-7(11)6-4-5-2-3-9(6,10)8(12)14-5/h2-3,5-6H,4H2,1H3. The fourth-order valence-electron chi connectivity index (χ4n) is 1.78. The lowest BCUT2D eigenvalue weighted by molar-refractivity contribution is -0.167. The van der Waals surface area contributed by atoms with E-state index < -0.39 is 16.2 Å². The van der Waals surface area contributed by atoms with Crippen LogP contribution in [0.5, 0.6) is 0 Å². The van der Waals surface area contributed by atoms with E-state index in [0.717, 1.165) is 0 Å². The SMILES string of the molecule is COC(=O)C1CC2C=CC1(Br)C(=O)O2. The van der Waals surface area contributed by atoms with Crippen LogP contribution in [0.2, 0.25) is 0 Å². The Morgan fingerprint density at radius 3 is 3.07 bits per heavy atom. The summed E-state index contributed by atoms with van der Waals surface area (Å²) >= 11 is 3.24. The highest BCUT2D eigenvalue weighted by Crippen LogP contribution is 2.43. The van der Waals surface area contributed by atoms with Crippen molar-refractivity contribution < 1.29 is 19.1 Å². The van der Waals surface area contributed by atoms with Crippen molar-refractivity contribution in [1.82, 2.24) is 0 Å². The van der Waals surface area contributed by atoms with Crippen molar-refractivity contribution in [3.63, 3.8) is 0 Å². The van der Waals surface area contributed by atoms with Crippen LogP contribution in [-0.2, 0) is 19.1 Å². The molecule has 3 aliphatic rings. The lowest BCUT2D eigenvalue weighted by Gasteiger charge is -2.40. The third-order valence-corrected chi connectivity index (χ3v) is 3.73. The molecule has 3 atom stereocenters. The van der Waals surface area contributed by atoms with Crippen molar-refractivity contribution in [2.75, 3.05) is 7.11 Å². The van der Waals surface area contributed by atoms with Crippen molar-refractivity contribution in [1.29, 1.82) is 0 Å². The molecule has 0 radical (unpaired) electrons. The Balaban J connectivity index is 2.35. The predicted molar refractivity (Wildman–Crippen MR) is 50.8 cm³/mol. The molecule has 0 spiro atoms. The maximum atomic E-state index is 11.5. The van der Waals surface area contributed by atoms with Gasteiger partial charge in [0, 0.05) is 6.42 Å². The molecule has 3 unspecified atom stereocenters. The van der Waals surface area contributed by atoms with Gasteiger partial charge >= 0.3 is 11.9 Å². The molecule has 76 valence electrons. The summed E-state index contributed by atoms with van der Waals surface area (Å²) in [6.07, 6.45) is 3.66. The van der Waals surface area contributed by atoms with Gasteiger partial charge in [0.1, 0.15) is 6.10 Å². The van der Waals surface area contributed by atoms with Crippen LogP contribution in [0.1, 0.15) is 6.42 Å². The minimum Gasteiger partial charge on any atom is -0.469 e. The van der Waals surface area contributed by atoms with Crippen LogP contribution in [0.3, 0.4) is 0 Å². The van der Waals surface area contributed by atoms with E-state index in [9.17, 15) is 9.59 Å². The van der Waals surface area contributed by atoms with Gasteiger partial charge in [-0.05, 0) is 6.08 Å². The van der Waals surface area contributed by atoms with E-state index in [4.69, 9.17) is 4.74 Å². The second-order valence-electron chi connectivity index (χ2n) is 3.38. The van der Waals surface area contributed by atoms with E-state index in [0.29, 0.717) is 6.42 Å². The summed E-state index contributed by atoms with van der Waals surface area (Å²) in [5.74, 6) is -1.27. The van der Waals surface area contributed by atoms with Gasteiger partial charge in [-0.1, -0.05) is 22.0 Å². The zero-order chi connectivity index (χ0) is 10.3. The van der Waals surface area contributed by atoms with Crippen LogP contribution in [0.4, 0.5) is 0 Å². The molecule has 0 amide bonds. The molecule has 3 rings (SSSR count). The first-order chi connectivity index (χ1) is 6.58. The Morgan fingerprint density at radius 1 is 1.79 bits per heavy atom. The number of rotatable bonds is 1. The Kier molecular flexibility index (Phi) is 2.14.